The Hall–Kier alpha value is -5.04. The van der Waals surface area contributed by atoms with Crippen molar-refractivity contribution in [3.63, 3.8) is 0 Å². The molecule has 3 aromatic rings. The van der Waals surface area contributed by atoms with Crippen LogP contribution in [0.15, 0.2) is 29.1 Å². The first-order chi connectivity index (χ1) is 27.3. The SMILES string of the molecule is COc1c(N2CCNC(C)C2)c(F)c(C)c2c(=O)c(C(=O)OCOC(=O)CCC(=O)OC[C@@H](NC(=O)C(C)(Cl)Cl)[C@H](O)c3ccc([N+](=O)[O-])cc3)c(C)n(C3CC3)c12. The summed E-state index contributed by atoms with van der Waals surface area (Å²) in [5.41, 5.74) is -0.278. The summed E-state index contributed by atoms with van der Waals surface area (Å²) in [6.07, 6.45) is -1.08. The third-order valence-electron chi connectivity index (χ3n) is 9.91. The average Bonchev–Trinajstić information content (AvgIpc) is 4.01. The first-order valence-corrected chi connectivity index (χ1v) is 19.1. The Kier molecular flexibility index (Phi) is 13.9. The second-order valence-corrected chi connectivity index (χ2v) is 16.0. The first-order valence-electron chi connectivity index (χ1n) is 18.4. The number of methoxy groups -OCH3 is 1. The van der Waals surface area contributed by atoms with Gasteiger partial charge in [-0.15, -0.1) is 0 Å². The van der Waals surface area contributed by atoms with E-state index in [0.717, 1.165) is 25.0 Å². The number of nitro benzene ring substituents is 1. The molecule has 2 aliphatic rings. The zero-order valence-electron chi connectivity index (χ0n) is 32.4. The van der Waals surface area contributed by atoms with Crippen LogP contribution in [0, 0.1) is 29.8 Å². The van der Waals surface area contributed by atoms with Crippen molar-refractivity contribution in [1.29, 1.82) is 0 Å². The molecule has 20 heteroatoms. The van der Waals surface area contributed by atoms with Gasteiger partial charge in [-0.05, 0) is 58.2 Å². The van der Waals surface area contributed by atoms with Gasteiger partial charge in [0, 0.05) is 55.1 Å². The van der Waals surface area contributed by atoms with Crippen molar-refractivity contribution in [1.82, 2.24) is 15.2 Å². The standard InChI is InChI=1S/C38H44Cl2FN5O12/c1-19-16-44(15-14-42-19)32-30(41)20(2)28-31(35(32)55-5)45(23-10-11-23)21(3)29(34(28)50)36(51)58-18-57-27(48)13-12-26(47)56-17-25(43-37(52)38(4,39)40)33(49)22-6-8-24(9-7-22)46(53)54/h6-9,19,23,25,33,42,49H,10-18H2,1-5H3,(H,43,52)/t19?,25-,33-/m1/s1. The zero-order valence-corrected chi connectivity index (χ0v) is 33.9. The summed E-state index contributed by atoms with van der Waals surface area (Å²) in [5, 5.41) is 27.6. The number of halogens is 3. The van der Waals surface area contributed by atoms with Gasteiger partial charge in [-0.2, -0.15) is 0 Å². The van der Waals surface area contributed by atoms with Gasteiger partial charge in [0.05, 0.1) is 41.8 Å². The highest BCUT2D eigenvalue weighted by Crippen LogP contribution is 2.46. The summed E-state index contributed by atoms with van der Waals surface area (Å²) < 4.78 is 37.3. The van der Waals surface area contributed by atoms with Gasteiger partial charge in [0.15, 0.2) is 15.9 Å². The van der Waals surface area contributed by atoms with Crippen molar-refractivity contribution in [2.45, 2.75) is 81.9 Å². The van der Waals surface area contributed by atoms with Crippen LogP contribution in [0.25, 0.3) is 10.9 Å². The van der Waals surface area contributed by atoms with Crippen molar-refractivity contribution >= 4 is 69.3 Å². The molecule has 1 unspecified atom stereocenters. The van der Waals surface area contributed by atoms with Crippen LogP contribution < -0.4 is 25.7 Å². The lowest BCUT2D eigenvalue weighted by molar-refractivity contribution is -0.384. The topological polar surface area (TPSA) is 218 Å². The molecule has 1 aromatic heterocycles. The van der Waals surface area contributed by atoms with Gasteiger partial charge < -0.3 is 44.2 Å². The molecule has 314 valence electrons. The van der Waals surface area contributed by atoms with Crippen LogP contribution in [-0.4, -0.2) is 95.0 Å². The Morgan fingerprint density at radius 2 is 1.74 bits per heavy atom. The number of aliphatic hydroxyl groups is 1. The lowest BCUT2D eigenvalue weighted by Gasteiger charge is -2.35. The monoisotopic (exact) mass is 851 g/mol. The van der Waals surface area contributed by atoms with E-state index < -0.39 is 82.7 Å². The third kappa shape index (κ3) is 9.79. The number of amides is 1. The molecule has 0 radical (unpaired) electrons. The van der Waals surface area contributed by atoms with E-state index in [1.807, 2.05) is 16.4 Å². The lowest BCUT2D eigenvalue weighted by atomic mass is 10.00. The number of nitrogens with zero attached hydrogens (tertiary/aromatic N) is 3. The highest BCUT2D eigenvalue weighted by Gasteiger charge is 2.36. The Morgan fingerprint density at radius 1 is 1.10 bits per heavy atom. The summed E-state index contributed by atoms with van der Waals surface area (Å²) in [6.45, 7) is 6.35. The summed E-state index contributed by atoms with van der Waals surface area (Å²) in [7, 11) is 1.41. The molecule has 5 rings (SSSR count). The van der Waals surface area contributed by atoms with Crippen molar-refractivity contribution in [2.24, 2.45) is 0 Å². The molecule has 58 heavy (non-hydrogen) atoms. The Morgan fingerprint density at radius 3 is 2.31 bits per heavy atom. The maximum absolute atomic E-state index is 16.2. The Balaban J connectivity index is 1.23. The number of esters is 3. The number of rotatable bonds is 16. The quantitative estimate of drug-likeness (QED) is 0.0605. The van der Waals surface area contributed by atoms with E-state index in [-0.39, 0.29) is 57.0 Å². The van der Waals surface area contributed by atoms with Gasteiger partial charge in [0.1, 0.15) is 24.0 Å². The molecule has 1 saturated carbocycles. The van der Waals surface area contributed by atoms with Gasteiger partial charge >= 0.3 is 17.9 Å². The van der Waals surface area contributed by atoms with Crippen molar-refractivity contribution in [2.75, 3.05) is 45.0 Å². The van der Waals surface area contributed by atoms with E-state index in [2.05, 4.69) is 10.6 Å². The van der Waals surface area contributed by atoms with Crippen LogP contribution >= 0.6 is 23.2 Å². The molecule has 2 fully saturated rings. The smallest absolute Gasteiger partial charge is 0.346 e. The largest absolute Gasteiger partial charge is 0.492 e. The van der Waals surface area contributed by atoms with Crippen molar-refractivity contribution in [3.8, 4) is 5.75 Å². The van der Waals surface area contributed by atoms with Gasteiger partial charge in [-0.1, -0.05) is 23.2 Å². The molecule has 17 nitrogen and oxygen atoms in total. The molecule has 0 spiro atoms. The number of anilines is 1. The second kappa shape index (κ2) is 18.3. The average molecular weight is 853 g/mol. The predicted molar refractivity (Wildman–Crippen MR) is 209 cm³/mol. The number of hydrogen-bond acceptors (Lipinski definition) is 14. The maximum atomic E-state index is 16.2. The fourth-order valence-corrected chi connectivity index (χ4v) is 6.91. The van der Waals surface area contributed by atoms with E-state index in [1.54, 1.807) is 6.92 Å². The van der Waals surface area contributed by atoms with E-state index >= 15 is 4.39 Å². The van der Waals surface area contributed by atoms with Crippen LogP contribution in [0.2, 0.25) is 0 Å². The minimum atomic E-state index is -1.93. The van der Waals surface area contributed by atoms with Crippen LogP contribution in [0.4, 0.5) is 15.8 Å². The number of hydrogen-bond donors (Lipinski definition) is 3. The number of ether oxygens (including phenoxy) is 4. The zero-order chi connectivity index (χ0) is 42.6. The van der Waals surface area contributed by atoms with E-state index in [9.17, 15) is 39.2 Å². The van der Waals surface area contributed by atoms with Crippen LogP contribution in [0.3, 0.4) is 0 Å². The molecule has 2 aromatic carbocycles. The molecule has 3 atom stereocenters. The number of piperazine rings is 1. The normalized spacial score (nSPS) is 16.6. The fraction of sp³-hybridized carbons (Fsp3) is 0.500. The molecule has 1 amide bonds. The molecule has 3 N–H and O–H groups in total. The Bertz CT molecular complexity index is 2160. The fourth-order valence-electron chi connectivity index (χ4n) is 6.80. The molecule has 1 aliphatic heterocycles. The number of aromatic nitrogens is 1. The second-order valence-electron chi connectivity index (χ2n) is 14.2. The number of benzene rings is 2. The number of aliphatic hydroxyl groups excluding tert-OH is 1. The third-order valence-corrected chi connectivity index (χ3v) is 10.3. The van der Waals surface area contributed by atoms with Crippen LogP contribution in [-0.2, 0) is 28.6 Å². The molecule has 0 bridgehead atoms. The maximum Gasteiger partial charge on any atom is 0.346 e. The van der Waals surface area contributed by atoms with Gasteiger partial charge in [-0.25, -0.2) is 9.18 Å². The number of carbonyl (C=O) groups is 4. The number of fused-ring (bicyclic) bond motifs is 1. The number of nitrogens with one attached hydrogen (secondary N) is 2. The van der Waals surface area contributed by atoms with E-state index in [0.29, 0.717) is 25.2 Å². The van der Waals surface area contributed by atoms with Gasteiger partial charge in [-0.3, -0.25) is 29.3 Å². The highest BCUT2D eigenvalue weighted by atomic mass is 35.5. The number of alkyl halides is 2. The molecular weight excluding hydrogens is 808 g/mol. The first kappa shape index (κ1) is 44.1. The Labute approximate surface area is 341 Å². The molecular formula is C38H44Cl2FN5O12. The molecule has 1 aliphatic carbocycles. The lowest BCUT2D eigenvalue weighted by Crippen LogP contribution is -2.49. The predicted octanol–water partition coefficient (Wildman–Crippen LogP) is 4.20. The summed E-state index contributed by atoms with van der Waals surface area (Å²) in [5.74, 6) is -4.39. The summed E-state index contributed by atoms with van der Waals surface area (Å²) in [4.78, 5) is 77.2. The van der Waals surface area contributed by atoms with Gasteiger partial charge in [0.25, 0.3) is 11.6 Å². The van der Waals surface area contributed by atoms with Crippen LogP contribution in [0.5, 0.6) is 5.75 Å². The number of pyridine rings is 1. The summed E-state index contributed by atoms with van der Waals surface area (Å²) in [6, 6.07) is 3.45. The molecule has 1 saturated heterocycles. The number of non-ortho nitro benzene ring substituents is 1. The van der Waals surface area contributed by atoms with E-state index in [1.165, 1.54) is 33.1 Å². The minimum absolute atomic E-state index is 0.0253. The van der Waals surface area contributed by atoms with Crippen LogP contribution in [0.1, 0.15) is 78.9 Å². The number of carbonyl (C=O) groups excluding carboxylic acids is 4. The minimum Gasteiger partial charge on any atom is -0.492 e. The highest BCUT2D eigenvalue weighted by molar-refractivity contribution is 6.57. The van der Waals surface area contributed by atoms with Crippen molar-refractivity contribution in [3.05, 3.63) is 72.8 Å². The van der Waals surface area contributed by atoms with E-state index in [4.69, 9.17) is 42.1 Å². The van der Waals surface area contributed by atoms with Crippen molar-refractivity contribution < 1.29 is 52.5 Å². The summed E-state index contributed by atoms with van der Waals surface area (Å²) >= 11 is 11.7. The van der Waals surface area contributed by atoms with Gasteiger partial charge in [0.2, 0.25) is 12.2 Å². The molecule has 2 heterocycles. The number of nitro groups is 1. The number of aryl methyl sites for hydroxylation is 1.